The average Bonchev–Trinajstić information content (AvgIpc) is 2.96. The minimum Gasteiger partial charge on any atom is -0.330 e. The molecule has 0 aromatic carbocycles. The molecule has 0 spiro atoms. The van der Waals surface area contributed by atoms with E-state index in [0.717, 1.165) is 35.8 Å². The predicted molar refractivity (Wildman–Crippen MR) is 62.0 cm³/mol. The number of hydrogen-bond acceptors (Lipinski definition) is 2. The van der Waals surface area contributed by atoms with Crippen LogP contribution in [0.4, 0.5) is 0 Å². The Labute approximate surface area is 95.6 Å². The van der Waals surface area contributed by atoms with Crippen LogP contribution in [0, 0.1) is 5.41 Å². The highest BCUT2D eigenvalue weighted by atomic mass is 35.5. The third-order valence-electron chi connectivity index (χ3n) is 3.44. The maximum absolute atomic E-state index is 6.30. The molecule has 0 atom stereocenters. The zero-order valence-electron chi connectivity index (χ0n) is 9.39. The maximum Gasteiger partial charge on any atom is 0.0849 e. The van der Waals surface area contributed by atoms with Crippen LogP contribution in [0.2, 0.25) is 5.02 Å². The standard InChI is InChI=1S/C11H18ClN3/c1-3-8-10(12)9(15(2)14-8)6-11(7-13)4-5-11/h3-7,13H2,1-2H3. The van der Waals surface area contributed by atoms with Crippen molar-refractivity contribution < 1.29 is 0 Å². The topological polar surface area (TPSA) is 43.8 Å². The van der Waals surface area contributed by atoms with Crippen LogP contribution in [-0.4, -0.2) is 16.3 Å². The number of hydrogen-bond donors (Lipinski definition) is 1. The van der Waals surface area contributed by atoms with Gasteiger partial charge in [0, 0.05) is 7.05 Å². The Morgan fingerprint density at radius 1 is 1.53 bits per heavy atom. The van der Waals surface area contributed by atoms with Gasteiger partial charge in [-0.3, -0.25) is 4.68 Å². The number of nitrogens with zero attached hydrogens (tertiary/aromatic N) is 2. The molecule has 1 aromatic heterocycles. The summed E-state index contributed by atoms with van der Waals surface area (Å²) in [5.41, 5.74) is 8.26. The molecule has 15 heavy (non-hydrogen) atoms. The van der Waals surface area contributed by atoms with Crippen LogP contribution in [0.1, 0.15) is 31.2 Å². The van der Waals surface area contributed by atoms with E-state index in [2.05, 4.69) is 12.0 Å². The van der Waals surface area contributed by atoms with Crippen LogP contribution in [0.25, 0.3) is 0 Å². The molecular formula is C11H18ClN3. The Balaban J connectivity index is 2.24. The van der Waals surface area contributed by atoms with Crippen molar-refractivity contribution in [3.05, 3.63) is 16.4 Å². The van der Waals surface area contributed by atoms with Gasteiger partial charge < -0.3 is 5.73 Å². The maximum atomic E-state index is 6.30. The van der Waals surface area contributed by atoms with Gasteiger partial charge in [0.15, 0.2) is 0 Å². The van der Waals surface area contributed by atoms with E-state index in [4.69, 9.17) is 17.3 Å². The van der Waals surface area contributed by atoms with Crippen molar-refractivity contribution in [3.63, 3.8) is 0 Å². The van der Waals surface area contributed by atoms with Crippen molar-refractivity contribution in [3.8, 4) is 0 Å². The minimum atomic E-state index is 0.322. The summed E-state index contributed by atoms with van der Waals surface area (Å²) in [6.45, 7) is 2.84. The monoisotopic (exact) mass is 227 g/mol. The highest BCUT2D eigenvalue weighted by Crippen LogP contribution is 2.48. The first-order valence-corrected chi connectivity index (χ1v) is 5.90. The Bertz CT molecular complexity index is 366. The van der Waals surface area contributed by atoms with E-state index in [9.17, 15) is 0 Å². The Morgan fingerprint density at radius 2 is 2.20 bits per heavy atom. The summed E-state index contributed by atoms with van der Waals surface area (Å²) in [5.74, 6) is 0. The van der Waals surface area contributed by atoms with Gasteiger partial charge in [0.1, 0.15) is 0 Å². The summed E-state index contributed by atoms with van der Waals surface area (Å²) in [6, 6.07) is 0. The molecule has 1 aliphatic carbocycles. The van der Waals surface area contributed by atoms with E-state index in [-0.39, 0.29) is 0 Å². The van der Waals surface area contributed by atoms with Crippen molar-refractivity contribution in [2.75, 3.05) is 6.54 Å². The molecule has 4 heteroatoms. The van der Waals surface area contributed by atoms with E-state index in [1.54, 1.807) is 0 Å². The zero-order chi connectivity index (χ0) is 11.1. The van der Waals surface area contributed by atoms with Crippen molar-refractivity contribution in [2.45, 2.75) is 32.6 Å². The fraction of sp³-hybridized carbons (Fsp3) is 0.727. The van der Waals surface area contributed by atoms with Crippen LogP contribution in [0.3, 0.4) is 0 Å². The Morgan fingerprint density at radius 3 is 2.60 bits per heavy atom. The van der Waals surface area contributed by atoms with Gasteiger partial charge in [0.25, 0.3) is 0 Å². The molecule has 1 fully saturated rings. The van der Waals surface area contributed by atoms with Gasteiger partial charge in [-0.2, -0.15) is 5.10 Å². The average molecular weight is 228 g/mol. The number of aryl methyl sites for hydroxylation is 2. The molecule has 84 valence electrons. The molecule has 0 bridgehead atoms. The molecule has 0 saturated heterocycles. The largest absolute Gasteiger partial charge is 0.330 e. The third-order valence-corrected chi connectivity index (χ3v) is 3.87. The number of nitrogens with two attached hydrogens (primary N) is 1. The van der Waals surface area contributed by atoms with Gasteiger partial charge >= 0.3 is 0 Å². The lowest BCUT2D eigenvalue weighted by Crippen LogP contribution is -2.19. The predicted octanol–water partition coefficient (Wildman–Crippen LogP) is 1.92. The summed E-state index contributed by atoms with van der Waals surface area (Å²) < 4.78 is 1.91. The normalized spacial score (nSPS) is 18.1. The van der Waals surface area contributed by atoms with Crippen LogP contribution < -0.4 is 5.73 Å². The smallest absolute Gasteiger partial charge is 0.0849 e. The molecule has 2 rings (SSSR count). The molecule has 1 aromatic rings. The van der Waals surface area contributed by atoms with Crippen LogP contribution in [0.5, 0.6) is 0 Å². The molecule has 3 nitrogen and oxygen atoms in total. The summed E-state index contributed by atoms with van der Waals surface area (Å²) in [4.78, 5) is 0. The van der Waals surface area contributed by atoms with Gasteiger partial charge in [-0.1, -0.05) is 18.5 Å². The van der Waals surface area contributed by atoms with Crippen molar-refractivity contribution >= 4 is 11.6 Å². The SMILES string of the molecule is CCc1nn(C)c(CC2(CN)CC2)c1Cl. The Kier molecular flexibility index (Phi) is 2.77. The molecular weight excluding hydrogens is 210 g/mol. The molecule has 1 aliphatic rings. The first kappa shape index (κ1) is 11.0. The van der Waals surface area contributed by atoms with E-state index < -0.39 is 0 Å². The van der Waals surface area contributed by atoms with Crippen molar-refractivity contribution in [1.29, 1.82) is 0 Å². The van der Waals surface area contributed by atoms with Crippen LogP contribution >= 0.6 is 11.6 Å². The van der Waals surface area contributed by atoms with Crippen LogP contribution in [0.15, 0.2) is 0 Å². The summed E-state index contributed by atoms with van der Waals surface area (Å²) in [6.07, 6.45) is 4.33. The zero-order valence-corrected chi connectivity index (χ0v) is 10.1. The Hall–Kier alpha value is -0.540. The molecule has 0 aliphatic heterocycles. The van der Waals surface area contributed by atoms with Gasteiger partial charge in [-0.05, 0) is 37.6 Å². The first-order valence-electron chi connectivity index (χ1n) is 5.52. The lowest BCUT2D eigenvalue weighted by molar-refractivity contribution is 0.497. The van der Waals surface area contributed by atoms with Crippen molar-refractivity contribution in [1.82, 2.24) is 9.78 Å². The van der Waals surface area contributed by atoms with Gasteiger partial charge in [0.05, 0.1) is 16.4 Å². The lowest BCUT2D eigenvalue weighted by atomic mass is 10.0. The quantitative estimate of drug-likeness (QED) is 0.854. The fourth-order valence-corrected chi connectivity index (χ4v) is 2.36. The second-order valence-electron chi connectivity index (χ2n) is 4.57. The van der Waals surface area contributed by atoms with Crippen molar-refractivity contribution in [2.24, 2.45) is 18.2 Å². The molecule has 1 saturated carbocycles. The van der Waals surface area contributed by atoms with E-state index in [0.29, 0.717) is 5.41 Å². The summed E-state index contributed by atoms with van der Waals surface area (Å²) in [7, 11) is 1.97. The van der Waals surface area contributed by atoms with E-state index in [1.165, 1.54) is 12.8 Å². The highest BCUT2D eigenvalue weighted by molar-refractivity contribution is 6.31. The minimum absolute atomic E-state index is 0.322. The third kappa shape index (κ3) is 1.91. The van der Waals surface area contributed by atoms with E-state index in [1.807, 2.05) is 11.7 Å². The van der Waals surface area contributed by atoms with Gasteiger partial charge in [0.2, 0.25) is 0 Å². The fourth-order valence-electron chi connectivity index (χ4n) is 2.00. The number of aromatic nitrogens is 2. The summed E-state index contributed by atoms with van der Waals surface area (Å²) in [5, 5.41) is 5.27. The molecule has 0 unspecified atom stereocenters. The number of halogens is 1. The molecule has 0 radical (unpaired) electrons. The number of rotatable bonds is 4. The highest BCUT2D eigenvalue weighted by Gasteiger charge is 2.42. The molecule has 2 N–H and O–H groups in total. The second kappa shape index (κ2) is 3.80. The van der Waals surface area contributed by atoms with Gasteiger partial charge in [-0.15, -0.1) is 0 Å². The first-order chi connectivity index (χ1) is 7.12. The van der Waals surface area contributed by atoms with E-state index >= 15 is 0 Å². The molecule has 1 heterocycles. The van der Waals surface area contributed by atoms with Crippen LogP contribution in [-0.2, 0) is 19.9 Å². The summed E-state index contributed by atoms with van der Waals surface area (Å²) >= 11 is 6.30. The van der Waals surface area contributed by atoms with Gasteiger partial charge in [-0.25, -0.2) is 0 Å². The molecule has 0 amide bonds. The lowest BCUT2D eigenvalue weighted by Gasteiger charge is -2.12. The second-order valence-corrected chi connectivity index (χ2v) is 4.94.